The number of nitrogens with one attached hydrogen (secondary N) is 1. The van der Waals surface area contributed by atoms with E-state index in [2.05, 4.69) is 10.1 Å². The van der Waals surface area contributed by atoms with Gasteiger partial charge in [0.1, 0.15) is 0 Å². The molecule has 0 saturated heterocycles. The van der Waals surface area contributed by atoms with Crippen molar-refractivity contribution < 1.29 is 14.3 Å². The molecule has 4 nitrogen and oxygen atoms in total. The van der Waals surface area contributed by atoms with E-state index in [0.717, 1.165) is 0 Å². The lowest BCUT2D eigenvalue weighted by Crippen LogP contribution is -2.32. The average molecular weight is 159 g/mol. The molecule has 0 heterocycles. The first-order valence-corrected chi connectivity index (χ1v) is 3.57. The van der Waals surface area contributed by atoms with Crippen LogP contribution in [0.1, 0.15) is 27.2 Å². The quantitative estimate of drug-likeness (QED) is 0.484. The molecule has 0 aromatic heterocycles. The largest absolute Gasteiger partial charge is 0.415 e. The van der Waals surface area contributed by atoms with E-state index in [9.17, 15) is 9.59 Å². The van der Waals surface area contributed by atoms with Gasteiger partial charge in [-0.05, 0) is 13.8 Å². The predicted molar refractivity (Wildman–Crippen MR) is 40.1 cm³/mol. The molecule has 4 heteroatoms. The lowest BCUT2D eigenvalue weighted by Gasteiger charge is -2.06. The highest BCUT2D eigenvalue weighted by Crippen LogP contribution is 1.86. The van der Waals surface area contributed by atoms with Crippen molar-refractivity contribution in [3.8, 4) is 0 Å². The van der Waals surface area contributed by atoms with E-state index in [1.807, 2.05) is 0 Å². The first kappa shape index (κ1) is 9.94. The zero-order chi connectivity index (χ0) is 8.85. The summed E-state index contributed by atoms with van der Waals surface area (Å²) in [7, 11) is 0. The van der Waals surface area contributed by atoms with E-state index in [1.54, 1.807) is 20.8 Å². The molecule has 0 rings (SSSR count). The molecule has 11 heavy (non-hydrogen) atoms. The number of ether oxygens (including phenoxy) is 1. The monoisotopic (exact) mass is 159 g/mol. The number of carbonyl (C=O) groups excluding carboxylic acids is 2. The lowest BCUT2D eigenvalue weighted by molar-refractivity contribution is -0.136. The summed E-state index contributed by atoms with van der Waals surface area (Å²) in [4.78, 5) is 21.2. The van der Waals surface area contributed by atoms with Gasteiger partial charge in [0.05, 0.1) is 0 Å². The third kappa shape index (κ3) is 5.39. The second kappa shape index (κ2) is 4.71. The fraction of sp³-hybridized carbons (Fsp3) is 0.714. The average Bonchev–Trinajstić information content (AvgIpc) is 1.85. The van der Waals surface area contributed by atoms with Crippen molar-refractivity contribution in [2.24, 2.45) is 0 Å². The van der Waals surface area contributed by atoms with E-state index in [1.165, 1.54) is 0 Å². The second-order valence-electron chi connectivity index (χ2n) is 2.41. The van der Waals surface area contributed by atoms with Crippen LogP contribution in [0.4, 0.5) is 4.79 Å². The Hall–Kier alpha value is -1.06. The molecule has 0 unspecified atom stereocenters. The third-order valence-corrected chi connectivity index (χ3v) is 0.902. The fourth-order valence-corrected chi connectivity index (χ4v) is 0.441. The van der Waals surface area contributed by atoms with E-state index in [-0.39, 0.29) is 12.5 Å². The van der Waals surface area contributed by atoms with Crippen LogP contribution in [-0.2, 0) is 9.53 Å². The number of amides is 1. The van der Waals surface area contributed by atoms with Crippen LogP contribution >= 0.6 is 0 Å². The Kier molecular flexibility index (Phi) is 4.26. The summed E-state index contributed by atoms with van der Waals surface area (Å²) in [6, 6.07) is -0.00726. The molecule has 0 bridgehead atoms. The predicted octanol–water partition coefficient (Wildman–Crippen LogP) is 1.06. The van der Waals surface area contributed by atoms with Gasteiger partial charge in [-0.15, -0.1) is 0 Å². The maximum atomic E-state index is 10.7. The maximum Gasteiger partial charge on any atom is 0.415 e. The van der Waals surface area contributed by atoms with Crippen molar-refractivity contribution >= 4 is 12.1 Å². The molecule has 0 aliphatic heterocycles. The molecular weight excluding hydrogens is 146 g/mol. The Bertz CT molecular complexity index is 154. The summed E-state index contributed by atoms with van der Waals surface area (Å²) in [5.74, 6) is -0.511. The van der Waals surface area contributed by atoms with Gasteiger partial charge in [0.25, 0.3) is 0 Å². The summed E-state index contributed by atoms with van der Waals surface area (Å²) < 4.78 is 4.32. The summed E-state index contributed by atoms with van der Waals surface area (Å²) in [5, 5.41) is 2.43. The van der Waals surface area contributed by atoms with E-state index in [0.29, 0.717) is 0 Å². The topological polar surface area (TPSA) is 55.4 Å². The highest BCUT2D eigenvalue weighted by Gasteiger charge is 2.07. The number of carbonyl (C=O) groups is 2. The van der Waals surface area contributed by atoms with Gasteiger partial charge >= 0.3 is 12.1 Å². The Balaban J connectivity index is 3.61. The Morgan fingerprint density at radius 2 is 2.00 bits per heavy atom. The summed E-state index contributed by atoms with van der Waals surface area (Å²) in [6.45, 7) is 5.21. The molecule has 0 aliphatic carbocycles. The number of alkyl carbamates (subject to hydrolysis) is 1. The third-order valence-electron chi connectivity index (χ3n) is 0.902. The Morgan fingerprint density at radius 1 is 1.45 bits per heavy atom. The molecule has 0 radical (unpaired) electrons. The zero-order valence-corrected chi connectivity index (χ0v) is 7.01. The smallest absolute Gasteiger partial charge is 0.376 e. The highest BCUT2D eigenvalue weighted by molar-refractivity contribution is 5.84. The maximum absolute atomic E-state index is 10.7. The van der Waals surface area contributed by atoms with Crippen LogP contribution in [0.15, 0.2) is 0 Å². The molecule has 0 spiro atoms. The van der Waals surface area contributed by atoms with Gasteiger partial charge in [-0.1, -0.05) is 6.92 Å². The molecule has 64 valence electrons. The second-order valence-corrected chi connectivity index (χ2v) is 2.41. The number of rotatable bonds is 2. The van der Waals surface area contributed by atoms with Crippen LogP contribution in [0.25, 0.3) is 0 Å². The van der Waals surface area contributed by atoms with Crippen molar-refractivity contribution in [1.82, 2.24) is 5.32 Å². The Morgan fingerprint density at radius 3 is 2.36 bits per heavy atom. The number of hydrogen-bond donors (Lipinski definition) is 1. The van der Waals surface area contributed by atoms with Crippen molar-refractivity contribution in [3.63, 3.8) is 0 Å². The van der Waals surface area contributed by atoms with Crippen LogP contribution in [-0.4, -0.2) is 18.1 Å². The minimum Gasteiger partial charge on any atom is -0.376 e. The zero-order valence-electron chi connectivity index (χ0n) is 7.01. The van der Waals surface area contributed by atoms with Gasteiger partial charge < -0.3 is 10.1 Å². The molecule has 0 aromatic carbocycles. The van der Waals surface area contributed by atoms with Gasteiger partial charge in [0, 0.05) is 12.5 Å². The van der Waals surface area contributed by atoms with Crippen molar-refractivity contribution in [2.45, 2.75) is 33.2 Å². The van der Waals surface area contributed by atoms with Gasteiger partial charge in [-0.25, -0.2) is 4.79 Å². The van der Waals surface area contributed by atoms with Crippen LogP contribution in [0.2, 0.25) is 0 Å². The normalized spacial score (nSPS) is 9.45. The van der Waals surface area contributed by atoms with Gasteiger partial charge in [0.15, 0.2) is 0 Å². The molecule has 0 fully saturated rings. The summed E-state index contributed by atoms with van der Waals surface area (Å²) >= 11 is 0. The molecule has 1 amide bonds. The minimum atomic E-state index is -0.674. The number of hydrogen-bond acceptors (Lipinski definition) is 3. The molecule has 0 aliphatic rings. The first-order chi connectivity index (χ1) is 5.06. The van der Waals surface area contributed by atoms with Gasteiger partial charge in [-0.2, -0.15) is 0 Å². The van der Waals surface area contributed by atoms with Crippen molar-refractivity contribution in [3.05, 3.63) is 0 Å². The molecule has 0 atom stereocenters. The standard InChI is InChI=1S/C7H13NO3/c1-4-6(9)11-7(10)8-5(2)3/h5H,4H2,1-3H3,(H,8,10). The van der Waals surface area contributed by atoms with Crippen LogP contribution in [0, 0.1) is 0 Å². The van der Waals surface area contributed by atoms with Gasteiger partial charge in [0.2, 0.25) is 0 Å². The fourth-order valence-electron chi connectivity index (χ4n) is 0.441. The van der Waals surface area contributed by atoms with E-state index in [4.69, 9.17) is 0 Å². The summed E-state index contributed by atoms with van der Waals surface area (Å²) in [5.41, 5.74) is 0. The molecule has 0 aromatic rings. The van der Waals surface area contributed by atoms with E-state index >= 15 is 0 Å². The van der Waals surface area contributed by atoms with Crippen LogP contribution in [0.3, 0.4) is 0 Å². The SMILES string of the molecule is CCC(=O)OC(=O)NC(C)C. The molecule has 1 N–H and O–H groups in total. The number of esters is 1. The van der Waals surface area contributed by atoms with Gasteiger partial charge in [-0.3, -0.25) is 4.79 Å². The van der Waals surface area contributed by atoms with E-state index < -0.39 is 12.1 Å². The van der Waals surface area contributed by atoms with Crippen LogP contribution in [0.5, 0.6) is 0 Å². The first-order valence-electron chi connectivity index (χ1n) is 3.57. The van der Waals surface area contributed by atoms with Crippen LogP contribution < -0.4 is 5.32 Å². The van der Waals surface area contributed by atoms with Crippen molar-refractivity contribution in [1.29, 1.82) is 0 Å². The molecular formula is C7H13NO3. The summed E-state index contributed by atoms with van der Waals surface area (Å²) in [6.07, 6.45) is -0.460. The highest BCUT2D eigenvalue weighted by atomic mass is 16.6. The molecule has 0 saturated carbocycles. The Labute approximate surface area is 65.9 Å². The lowest BCUT2D eigenvalue weighted by atomic mass is 10.4. The minimum absolute atomic E-state index is 0.00726. The van der Waals surface area contributed by atoms with Crippen molar-refractivity contribution in [2.75, 3.05) is 0 Å².